The third-order valence-corrected chi connectivity index (χ3v) is 3.62. The van der Waals surface area contributed by atoms with Crippen molar-refractivity contribution >= 4 is 52.2 Å². The Morgan fingerprint density at radius 3 is 2.68 bits per heavy atom. The highest BCUT2D eigenvalue weighted by molar-refractivity contribution is 7.09. The Labute approximate surface area is 137 Å². The number of benzene rings is 1. The molecule has 1 aromatic heterocycles. The quantitative estimate of drug-likeness (QED) is 0.836. The normalized spacial score (nSPS) is 10.7. The number of aromatic nitrogens is 1. The second-order valence-electron chi connectivity index (χ2n) is 4.49. The molecule has 0 spiro atoms. The van der Waals surface area contributed by atoms with E-state index in [0.717, 1.165) is 10.7 Å². The minimum absolute atomic E-state index is 0.230. The molecule has 22 heavy (non-hydrogen) atoms. The average Bonchev–Trinajstić information content (AvgIpc) is 2.85. The van der Waals surface area contributed by atoms with Gasteiger partial charge < -0.3 is 10.6 Å². The Morgan fingerprint density at radius 2 is 2.05 bits per heavy atom. The molecule has 0 aliphatic rings. The number of anilines is 2. The number of nitrogens with one attached hydrogen (secondary N) is 2. The van der Waals surface area contributed by atoms with Crippen LogP contribution in [0.15, 0.2) is 29.7 Å². The minimum atomic E-state index is -0.334. The van der Waals surface area contributed by atoms with Crippen LogP contribution in [0.4, 0.5) is 11.4 Å². The lowest BCUT2D eigenvalue weighted by atomic mass is 10.2. The molecule has 2 N–H and O–H groups in total. The number of amides is 2. The van der Waals surface area contributed by atoms with Crippen molar-refractivity contribution in [3.8, 4) is 0 Å². The number of thiazole rings is 1. The Morgan fingerprint density at radius 1 is 1.27 bits per heavy atom. The summed E-state index contributed by atoms with van der Waals surface area (Å²) in [6.07, 6.45) is 3.01. The Bertz CT molecular complexity index is 740. The maximum absolute atomic E-state index is 12.0. The molecule has 5 nitrogen and oxygen atoms in total. The van der Waals surface area contributed by atoms with E-state index < -0.39 is 0 Å². The molecule has 7 heteroatoms. The molecule has 0 fully saturated rings. The zero-order chi connectivity index (χ0) is 16.1. The van der Waals surface area contributed by atoms with Gasteiger partial charge in [-0.15, -0.1) is 11.3 Å². The minimum Gasteiger partial charge on any atom is -0.325 e. The fourth-order valence-corrected chi connectivity index (χ4v) is 2.46. The average molecular weight is 336 g/mol. The van der Waals surface area contributed by atoms with Gasteiger partial charge in [-0.25, -0.2) is 4.98 Å². The van der Waals surface area contributed by atoms with Gasteiger partial charge in [0.05, 0.1) is 22.1 Å². The number of rotatable bonds is 4. The molecule has 0 saturated heterocycles. The van der Waals surface area contributed by atoms with Crippen molar-refractivity contribution < 1.29 is 9.59 Å². The summed E-state index contributed by atoms with van der Waals surface area (Å²) in [5.74, 6) is -0.564. The number of hydrogen-bond donors (Lipinski definition) is 2. The molecule has 0 aliphatic heterocycles. The molecule has 0 aliphatic carbocycles. The lowest BCUT2D eigenvalue weighted by Gasteiger charge is -2.10. The van der Waals surface area contributed by atoms with Gasteiger partial charge in [0.2, 0.25) is 11.8 Å². The van der Waals surface area contributed by atoms with E-state index in [9.17, 15) is 9.59 Å². The summed E-state index contributed by atoms with van der Waals surface area (Å²) in [5, 5.41) is 8.58. The second-order valence-corrected chi connectivity index (χ2v) is 5.98. The molecule has 0 radical (unpaired) electrons. The van der Waals surface area contributed by atoms with Crippen LogP contribution in [-0.4, -0.2) is 16.8 Å². The molecule has 2 rings (SSSR count). The van der Waals surface area contributed by atoms with Gasteiger partial charge in [-0.2, -0.15) is 0 Å². The van der Waals surface area contributed by atoms with Gasteiger partial charge in [0.25, 0.3) is 0 Å². The van der Waals surface area contributed by atoms with Gasteiger partial charge in [-0.3, -0.25) is 9.59 Å². The van der Waals surface area contributed by atoms with E-state index in [2.05, 4.69) is 15.6 Å². The standard InChI is InChI=1S/C15H14ClN3O2S/c1-9(20)17-13-5-3-11(16)7-14(13)19-15(21)6-4-12-8-22-10(2)18-12/h3-8H,1-2H3,(H,17,20)(H,19,21). The zero-order valence-electron chi connectivity index (χ0n) is 12.0. The summed E-state index contributed by atoms with van der Waals surface area (Å²) >= 11 is 7.43. The highest BCUT2D eigenvalue weighted by Crippen LogP contribution is 2.25. The Balaban J connectivity index is 2.12. The molecule has 0 bridgehead atoms. The molecule has 1 aromatic carbocycles. The van der Waals surface area contributed by atoms with E-state index in [-0.39, 0.29) is 11.8 Å². The molecular formula is C15H14ClN3O2S. The van der Waals surface area contributed by atoms with Crippen molar-refractivity contribution in [2.45, 2.75) is 13.8 Å². The Kier molecular flexibility index (Phi) is 5.30. The van der Waals surface area contributed by atoms with Crippen molar-refractivity contribution in [2.75, 3.05) is 10.6 Å². The van der Waals surface area contributed by atoms with Crippen molar-refractivity contribution in [1.82, 2.24) is 4.98 Å². The van der Waals surface area contributed by atoms with Gasteiger partial charge in [0, 0.05) is 23.4 Å². The molecule has 2 amide bonds. The van der Waals surface area contributed by atoms with E-state index in [1.165, 1.54) is 24.3 Å². The third-order valence-electron chi connectivity index (χ3n) is 2.59. The van der Waals surface area contributed by atoms with E-state index in [0.29, 0.717) is 16.4 Å². The van der Waals surface area contributed by atoms with E-state index in [4.69, 9.17) is 11.6 Å². The monoisotopic (exact) mass is 335 g/mol. The van der Waals surface area contributed by atoms with Crippen LogP contribution in [0.3, 0.4) is 0 Å². The van der Waals surface area contributed by atoms with Crippen LogP contribution in [0.2, 0.25) is 5.02 Å². The summed E-state index contributed by atoms with van der Waals surface area (Å²) in [6, 6.07) is 4.84. The summed E-state index contributed by atoms with van der Waals surface area (Å²) in [4.78, 5) is 27.4. The number of hydrogen-bond acceptors (Lipinski definition) is 4. The van der Waals surface area contributed by atoms with Gasteiger partial charge in [0.15, 0.2) is 0 Å². The number of aryl methyl sites for hydroxylation is 1. The van der Waals surface area contributed by atoms with Gasteiger partial charge in [0.1, 0.15) is 0 Å². The van der Waals surface area contributed by atoms with E-state index >= 15 is 0 Å². The zero-order valence-corrected chi connectivity index (χ0v) is 13.6. The molecule has 114 valence electrons. The topological polar surface area (TPSA) is 71.1 Å². The molecular weight excluding hydrogens is 322 g/mol. The first-order chi connectivity index (χ1) is 10.4. The predicted octanol–water partition coefficient (Wildman–Crippen LogP) is 3.72. The largest absolute Gasteiger partial charge is 0.325 e. The third kappa shape index (κ3) is 4.68. The fourth-order valence-electron chi connectivity index (χ4n) is 1.71. The first kappa shape index (κ1) is 16.2. The molecule has 0 unspecified atom stereocenters. The Hall–Kier alpha value is -2.18. The van der Waals surface area contributed by atoms with Gasteiger partial charge in [-0.05, 0) is 31.2 Å². The van der Waals surface area contributed by atoms with Crippen molar-refractivity contribution in [1.29, 1.82) is 0 Å². The van der Waals surface area contributed by atoms with Crippen molar-refractivity contribution in [2.24, 2.45) is 0 Å². The van der Waals surface area contributed by atoms with E-state index in [1.807, 2.05) is 12.3 Å². The SMILES string of the molecule is CC(=O)Nc1ccc(Cl)cc1NC(=O)C=Cc1csc(C)n1. The van der Waals surface area contributed by atoms with Gasteiger partial charge >= 0.3 is 0 Å². The predicted molar refractivity (Wildman–Crippen MR) is 90.3 cm³/mol. The van der Waals surface area contributed by atoms with Crippen LogP contribution in [0.5, 0.6) is 0 Å². The number of halogens is 1. The van der Waals surface area contributed by atoms with Crippen LogP contribution in [0.1, 0.15) is 17.6 Å². The lowest BCUT2D eigenvalue weighted by molar-refractivity contribution is -0.114. The van der Waals surface area contributed by atoms with Crippen molar-refractivity contribution in [3.63, 3.8) is 0 Å². The van der Waals surface area contributed by atoms with E-state index in [1.54, 1.807) is 24.3 Å². The van der Waals surface area contributed by atoms with Gasteiger partial charge in [-0.1, -0.05) is 11.6 Å². The molecule has 2 aromatic rings. The van der Waals surface area contributed by atoms with Crippen LogP contribution < -0.4 is 10.6 Å². The highest BCUT2D eigenvalue weighted by atomic mass is 35.5. The maximum Gasteiger partial charge on any atom is 0.248 e. The summed E-state index contributed by atoms with van der Waals surface area (Å²) in [7, 11) is 0. The molecule has 0 saturated carbocycles. The fraction of sp³-hybridized carbons (Fsp3) is 0.133. The van der Waals surface area contributed by atoms with Crippen LogP contribution in [0.25, 0.3) is 6.08 Å². The summed E-state index contributed by atoms with van der Waals surface area (Å²) in [5.41, 5.74) is 1.65. The van der Waals surface area contributed by atoms with Crippen LogP contribution in [0, 0.1) is 6.92 Å². The second kappa shape index (κ2) is 7.20. The summed E-state index contributed by atoms with van der Waals surface area (Å²) in [6.45, 7) is 3.29. The number of carbonyl (C=O) groups is 2. The summed E-state index contributed by atoms with van der Waals surface area (Å²) < 4.78 is 0. The smallest absolute Gasteiger partial charge is 0.248 e. The molecule has 0 atom stereocenters. The lowest BCUT2D eigenvalue weighted by Crippen LogP contribution is -2.13. The number of nitrogens with zero attached hydrogens (tertiary/aromatic N) is 1. The number of carbonyl (C=O) groups excluding carboxylic acids is 2. The maximum atomic E-state index is 12.0. The molecule has 1 heterocycles. The first-order valence-electron chi connectivity index (χ1n) is 6.42. The van der Waals surface area contributed by atoms with Crippen molar-refractivity contribution in [3.05, 3.63) is 45.4 Å². The first-order valence-corrected chi connectivity index (χ1v) is 7.68. The van der Waals surface area contributed by atoms with Crippen LogP contribution >= 0.6 is 22.9 Å². The highest BCUT2D eigenvalue weighted by Gasteiger charge is 2.07. The van der Waals surface area contributed by atoms with Crippen LogP contribution in [-0.2, 0) is 9.59 Å².